The van der Waals surface area contributed by atoms with Crippen LogP contribution in [0.3, 0.4) is 0 Å². The van der Waals surface area contributed by atoms with E-state index >= 15 is 0 Å². The van der Waals surface area contributed by atoms with Crippen LogP contribution in [0.2, 0.25) is 0 Å². The molecule has 102 valence electrons. The van der Waals surface area contributed by atoms with Crippen molar-refractivity contribution in [1.29, 1.82) is 5.26 Å². The number of aromatic nitrogens is 1. The number of hydrogen-bond acceptors (Lipinski definition) is 4. The van der Waals surface area contributed by atoms with Crippen molar-refractivity contribution < 1.29 is 0 Å². The molecule has 0 aliphatic carbocycles. The monoisotopic (exact) mass is 258 g/mol. The zero-order chi connectivity index (χ0) is 13.7. The lowest BCUT2D eigenvalue weighted by Gasteiger charge is -2.33. The minimum Gasteiger partial charge on any atom is -0.367 e. The smallest absolute Gasteiger partial charge is 0.126 e. The molecule has 1 aliphatic heterocycles. The van der Waals surface area contributed by atoms with Gasteiger partial charge in [-0.25, -0.2) is 4.98 Å². The lowest BCUT2D eigenvalue weighted by Crippen LogP contribution is -2.40. The number of rotatable bonds is 4. The molecule has 1 N–H and O–H groups in total. The van der Waals surface area contributed by atoms with E-state index in [0.717, 1.165) is 37.7 Å². The van der Waals surface area contributed by atoms with E-state index in [4.69, 9.17) is 5.26 Å². The Kier molecular flexibility index (Phi) is 4.75. The van der Waals surface area contributed by atoms with Crippen molar-refractivity contribution in [1.82, 2.24) is 9.88 Å². The molecule has 19 heavy (non-hydrogen) atoms. The second kappa shape index (κ2) is 6.53. The van der Waals surface area contributed by atoms with E-state index in [1.165, 1.54) is 6.54 Å². The van der Waals surface area contributed by atoms with Crippen molar-refractivity contribution in [2.24, 2.45) is 5.92 Å². The molecule has 4 heteroatoms. The van der Waals surface area contributed by atoms with E-state index in [0.29, 0.717) is 11.6 Å². The van der Waals surface area contributed by atoms with Gasteiger partial charge in [0.25, 0.3) is 0 Å². The topological polar surface area (TPSA) is 52.0 Å². The van der Waals surface area contributed by atoms with Crippen molar-refractivity contribution in [3.63, 3.8) is 0 Å². The van der Waals surface area contributed by atoms with Gasteiger partial charge >= 0.3 is 0 Å². The first-order valence-corrected chi connectivity index (χ1v) is 7.02. The molecule has 0 bridgehead atoms. The zero-order valence-corrected chi connectivity index (χ0v) is 11.8. The van der Waals surface area contributed by atoms with Gasteiger partial charge < -0.3 is 10.2 Å². The third-order valence-electron chi connectivity index (χ3n) is 3.46. The normalized spacial score (nSPS) is 17.4. The number of nitrogens with zero attached hydrogens (tertiary/aromatic N) is 3. The number of likely N-dealkylation sites (tertiary alicyclic amines) is 1. The standard InChI is InChI=1S/C15H22N4/c1-12(2)11-19-7-5-14(6-8-19)18-15-4-3-13(9-16)10-17-15/h3-4,10,12,14H,5-8,11H2,1-2H3,(H,17,18). The lowest BCUT2D eigenvalue weighted by molar-refractivity contribution is 0.198. The van der Waals surface area contributed by atoms with Crippen molar-refractivity contribution in [2.45, 2.75) is 32.7 Å². The maximum atomic E-state index is 8.74. The first-order valence-electron chi connectivity index (χ1n) is 7.02. The first-order chi connectivity index (χ1) is 9.17. The number of piperidine rings is 1. The number of pyridine rings is 1. The summed E-state index contributed by atoms with van der Waals surface area (Å²) in [5, 5.41) is 12.2. The molecule has 0 spiro atoms. The summed E-state index contributed by atoms with van der Waals surface area (Å²) < 4.78 is 0. The van der Waals surface area contributed by atoms with Crippen LogP contribution in [0, 0.1) is 17.2 Å². The highest BCUT2D eigenvalue weighted by atomic mass is 15.1. The second-order valence-electron chi connectivity index (χ2n) is 5.66. The molecule has 0 saturated carbocycles. The van der Waals surface area contributed by atoms with E-state index in [2.05, 4.69) is 35.1 Å². The Labute approximate surface area is 115 Å². The third kappa shape index (κ3) is 4.22. The summed E-state index contributed by atoms with van der Waals surface area (Å²) in [5.41, 5.74) is 0.609. The van der Waals surface area contributed by atoms with E-state index in [1.807, 2.05) is 12.1 Å². The minimum atomic E-state index is 0.504. The third-order valence-corrected chi connectivity index (χ3v) is 3.46. The van der Waals surface area contributed by atoms with Gasteiger partial charge in [-0.05, 0) is 30.9 Å². The van der Waals surface area contributed by atoms with E-state index in [-0.39, 0.29) is 0 Å². The molecule has 0 amide bonds. The van der Waals surface area contributed by atoms with Crippen molar-refractivity contribution in [3.8, 4) is 6.07 Å². The van der Waals surface area contributed by atoms with Gasteiger partial charge in [-0.3, -0.25) is 0 Å². The van der Waals surface area contributed by atoms with Crippen LogP contribution in [0.4, 0.5) is 5.82 Å². The first kappa shape index (κ1) is 13.8. The summed E-state index contributed by atoms with van der Waals surface area (Å²) in [6, 6.07) is 6.29. The van der Waals surface area contributed by atoms with E-state index in [9.17, 15) is 0 Å². The predicted molar refractivity (Wildman–Crippen MR) is 76.9 cm³/mol. The summed E-state index contributed by atoms with van der Waals surface area (Å²) >= 11 is 0. The Hall–Kier alpha value is -1.60. The fraction of sp³-hybridized carbons (Fsp3) is 0.600. The highest BCUT2D eigenvalue weighted by Gasteiger charge is 2.19. The number of nitrogens with one attached hydrogen (secondary N) is 1. The van der Waals surface area contributed by atoms with Gasteiger partial charge in [-0.2, -0.15) is 5.26 Å². The van der Waals surface area contributed by atoms with E-state index in [1.54, 1.807) is 6.20 Å². The minimum absolute atomic E-state index is 0.504. The summed E-state index contributed by atoms with van der Waals surface area (Å²) in [5.74, 6) is 1.62. The maximum absolute atomic E-state index is 8.74. The van der Waals surface area contributed by atoms with Crippen molar-refractivity contribution in [3.05, 3.63) is 23.9 Å². The molecule has 1 saturated heterocycles. The Morgan fingerprint density at radius 1 is 1.42 bits per heavy atom. The maximum Gasteiger partial charge on any atom is 0.126 e. The molecule has 1 aliphatic rings. The Morgan fingerprint density at radius 3 is 2.68 bits per heavy atom. The average molecular weight is 258 g/mol. The van der Waals surface area contributed by atoms with Crippen LogP contribution >= 0.6 is 0 Å². The molecule has 0 aromatic carbocycles. The summed E-state index contributed by atoms with van der Waals surface area (Å²) in [4.78, 5) is 6.80. The molecule has 1 aromatic heterocycles. The van der Waals surface area contributed by atoms with E-state index < -0.39 is 0 Å². The molecule has 0 unspecified atom stereocenters. The SMILES string of the molecule is CC(C)CN1CCC(Nc2ccc(C#N)cn2)CC1. The van der Waals surface area contributed by atoms with Gasteiger partial charge in [0, 0.05) is 31.9 Å². The summed E-state index contributed by atoms with van der Waals surface area (Å²) in [6.45, 7) is 8.05. The Balaban J connectivity index is 1.80. The van der Waals surface area contributed by atoms with Crippen LogP contribution in [0.15, 0.2) is 18.3 Å². The molecule has 2 rings (SSSR count). The van der Waals surface area contributed by atoms with Crippen LogP contribution in [0.1, 0.15) is 32.3 Å². The van der Waals surface area contributed by atoms with Crippen LogP contribution in [0.25, 0.3) is 0 Å². The van der Waals surface area contributed by atoms with Gasteiger partial charge in [0.2, 0.25) is 0 Å². The molecule has 1 fully saturated rings. The largest absolute Gasteiger partial charge is 0.367 e. The highest BCUT2D eigenvalue weighted by molar-refractivity contribution is 5.39. The summed E-state index contributed by atoms with van der Waals surface area (Å²) in [6.07, 6.45) is 3.94. The van der Waals surface area contributed by atoms with Crippen LogP contribution in [0.5, 0.6) is 0 Å². The molecular formula is C15H22N4. The van der Waals surface area contributed by atoms with Crippen molar-refractivity contribution in [2.75, 3.05) is 25.0 Å². The molecule has 2 heterocycles. The number of hydrogen-bond donors (Lipinski definition) is 1. The van der Waals surface area contributed by atoms with Gasteiger partial charge in [0.1, 0.15) is 11.9 Å². The average Bonchev–Trinajstić information content (AvgIpc) is 2.41. The molecule has 1 aromatic rings. The van der Waals surface area contributed by atoms with Crippen LogP contribution in [-0.4, -0.2) is 35.6 Å². The molecule has 0 atom stereocenters. The van der Waals surface area contributed by atoms with Gasteiger partial charge in [-0.15, -0.1) is 0 Å². The van der Waals surface area contributed by atoms with Crippen LogP contribution in [-0.2, 0) is 0 Å². The molecule has 4 nitrogen and oxygen atoms in total. The second-order valence-corrected chi connectivity index (χ2v) is 5.66. The molecule has 0 radical (unpaired) electrons. The zero-order valence-electron chi connectivity index (χ0n) is 11.8. The highest BCUT2D eigenvalue weighted by Crippen LogP contribution is 2.16. The fourth-order valence-electron chi connectivity index (χ4n) is 2.53. The number of nitriles is 1. The van der Waals surface area contributed by atoms with Crippen molar-refractivity contribution >= 4 is 5.82 Å². The molecular weight excluding hydrogens is 236 g/mol. The van der Waals surface area contributed by atoms with Gasteiger partial charge in [-0.1, -0.05) is 13.8 Å². The van der Waals surface area contributed by atoms with Crippen LogP contribution < -0.4 is 5.32 Å². The Morgan fingerprint density at radius 2 is 2.16 bits per heavy atom. The summed E-state index contributed by atoms with van der Waals surface area (Å²) in [7, 11) is 0. The quantitative estimate of drug-likeness (QED) is 0.901. The Bertz CT molecular complexity index is 424. The number of anilines is 1. The van der Waals surface area contributed by atoms with Gasteiger partial charge in [0.15, 0.2) is 0 Å². The fourth-order valence-corrected chi connectivity index (χ4v) is 2.53. The van der Waals surface area contributed by atoms with Gasteiger partial charge in [0.05, 0.1) is 5.56 Å². The lowest BCUT2D eigenvalue weighted by atomic mass is 10.0. The predicted octanol–water partition coefficient (Wildman–Crippen LogP) is 2.49.